The SMILES string of the molecule is CCCS(=O)(=O)Nc1ccc2oc(=O)sc2c1. The summed E-state index contributed by atoms with van der Waals surface area (Å²) >= 11 is 0.949. The van der Waals surface area contributed by atoms with Gasteiger partial charge in [0.2, 0.25) is 10.0 Å². The highest BCUT2D eigenvalue weighted by Gasteiger charge is 2.10. The lowest BCUT2D eigenvalue weighted by Crippen LogP contribution is -2.15. The number of fused-ring (bicyclic) bond motifs is 1. The molecule has 5 nitrogen and oxygen atoms in total. The molecule has 0 unspecified atom stereocenters. The quantitative estimate of drug-likeness (QED) is 0.924. The molecular weight excluding hydrogens is 262 g/mol. The standard InChI is InChI=1S/C10H11NO4S2/c1-2-5-17(13,14)11-7-3-4-8-9(6-7)16-10(12)15-8/h3-4,6,11H,2,5H2,1H3. The maximum Gasteiger partial charge on any atom is 0.396 e. The van der Waals surface area contributed by atoms with E-state index in [2.05, 4.69) is 4.72 Å². The molecule has 1 aromatic heterocycles. The Labute approximate surface area is 102 Å². The van der Waals surface area contributed by atoms with Gasteiger partial charge >= 0.3 is 4.94 Å². The maximum atomic E-state index is 11.5. The second-order valence-corrected chi connectivity index (χ2v) is 6.36. The van der Waals surface area contributed by atoms with Crippen LogP contribution in [0.5, 0.6) is 0 Å². The molecule has 2 aromatic rings. The molecule has 0 fully saturated rings. The minimum atomic E-state index is -3.30. The van der Waals surface area contributed by atoms with Crippen molar-refractivity contribution in [2.24, 2.45) is 0 Å². The van der Waals surface area contributed by atoms with E-state index in [1.807, 2.05) is 0 Å². The van der Waals surface area contributed by atoms with E-state index in [1.54, 1.807) is 25.1 Å². The first kappa shape index (κ1) is 12.1. The summed E-state index contributed by atoms with van der Waals surface area (Å²) in [5, 5.41) is 0. The van der Waals surface area contributed by atoms with E-state index in [4.69, 9.17) is 4.42 Å². The third-order valence-corrected chi connectivity index (χ3v) is 4.36. The van der Waals surface area contributed by atoms with Gasteiger partial charge in [0.1, 0.15) is 5.58 Å². The molecule has 0 saturated heterocycles. The van der Waals surface area contributed by atoms with Gasteiger partial charge in [-0.05, 0) is 24.6 Å². The Morgan fingerprint density at radius 1 is 1.41 bits per heavy atom. The van der Waals surface area contributed by atoms with Gasteiger partial charge in [-0.2, -0.15) is 0 Å². The smallest absolute Gasteiger partial charge is 0.396 e. The number of benzene rings is 1. The molecule has 0 aliphatic carbocycles. The first-order chi connectivity index (χ1) is 8.00. The molecule has 0 bridgehead atoms. The molecule has 1 N–H and O–H groups in total. The monoisotopic (exact) mass is 273 g/mol. The summed E-state index contributed by atoms with van der Waals surface area (Å²) in [4.78, 5) is 10.6. The molecule has 0 atom stereocenters. The van der Waals surface area contributed by atoms with E-state index >= 15 is 0 Å². The molecule has 1 heterocycles. The van der Waals surface area contributed by atoms with Crippen molar-refractivity contribution < 1.29 is 12.8 Å². The summed E-state index contributed by atoms with van der Waals surface area (Å²) in [5.41, 5.74) is 0.918. The van der Waals surface area contributed by atoms with Crippen LogP contribution < -0.4 is 9.66 Å². The molecule has 92 valence electrons. The maximum absolute atomic E-state index is 11.5. The van der Waals surface area contributed by atoms with Crippen LogP contribution in [0.15, 0.2) is 27.4 Å². The molecule has 0 aliphatic rings. The second kappa shape index (κ2) is 4.50. The van der Waals surface area contributed by atoms with Crippen molar-refractivity contribution in [2.75, 3.05) is 10.5 Å². The lowest BCUT2D eigenvalue weighted by atomic mass is 10.3. The molecule has 0 aliphatic heterocycles. The van der Waals surface area contributed by atoms with Crippen LogP contribution in [0.3, 0.4) is 0 Å². The van der Waals surface area contributed by atoms with E-state index in [0.717, 1.165) is 11.3 Å². The van der Waals surface area contributed by atoms with Crippen LogP contribution >= 0.6 is 11.3 Å². The highest BCUT2D eigenvalue weighted by atomic mass is 32.2. The zero-order valence-electron chi connectivity index (χ0n) is 9.10. The number of nitrogens with one attached hydrogen (secondary N) is 1. The normalized spacial score (nSPS) is 11.8. The van der Waals surface area contributed by atoms with Crippen LogP contribution in [0, 0.1) is 0 Å². The van der Waals surface area contributed by atoms with Crippen LogP contribution in [0.4, 0.5) is 5.69 Å². The predicted molar refractivity (Wildman–Crippen MR) is 68.1 cm³/mol. The van der Waals surface area contributed by atoms with Gasteiger partial charge in [-0.25, -0.2) is 13.2 Å². The van der Waals surface area contributed by atoms with Crippen molar-refractivity contribution in [3.8, 4) is 0 Å². The third kappa shape index (κ3) is 2.86. The van der Waals surface area contributed by atoms with Crippen molar-refractivity contribution in [1.82, 2.24) is 0 Å². The molecule has 0 saturated carbocycles. The van der Waals surface area contributed by atoms with Crippen molar-refractivity contribution in [1.29, 1.82) is 0 Å². The average Bonchev–Trinajstić information content (AvgIpc) is 2.56. The van der Waals surface area contributed by atoms with Crippen LogP contribution in [0.1, 0.15) is 13.3 Å². The Morgan fingerprint density at radius 3 is 2.88 bits per heavy atom. The van der Waals surface area contributed by atoms with Gasteiger partial charge in [0.15, 0.2) is 0 Å². The van der Waals surface area contributed by atoms with Crippen molar-refractivity contribution in [2.45, 2.75) is 13.3 Å². The Hall–Kier alpha value is -1.34. The van der Waals surface area contributed by atoms with Crippen molar-refractivity contribution in [3.05, 3.63) is 27.9 Å². The lowest BCUT2D eigenvalue weighted by Gasteiger charge is -2.06. The Morgan fingerprint density at radius 2 is 2.18 bits per heavy atom. The van der Waals surface area contributed by atoms with E-state index in [0.29, 0.717) is 22.4 Å². The van der Waals surface area contributed by atoms with Crippen LogP contribution in [-0.4, -0.2) is 14.2 Å². The first-order valence-corrected chi connectivity index (χ1v) is 7.51. The van der Waals surface area contributed by atoms with E-state index in [9.17, 15) is 13.2 Å². The topological polar surface area (TPSA) is 76.4 Å². The lowest BCUT2D eigenvalue weighted by molar-refractivity contribution is 0.585. The summed E-state index contributed by atoms with van der Waals surface area (Å²) in [7, 11) is -3.30. The highest BCUT2D eigenvalue weighted by Crippen LogP contribution is 2.22. The van der Waals surface area contributed by atoms with Gasteiger partial charge < -0.3 is 4.42 Å². The van der Waals surface area contributed by atoms with Gasteiger partial charge in [-0.3, -0.25) is 4.72 Å². The van der Waals surface area contributed by atoms with Gasteiger partial charge in [0, 0.05) is 0 Å². The number of rotatable bonds is 4. The Balaban J connectivity index is 2.34. The van der Waals surface area contributed by atoms with E-state index in [1.165, 1.54) is 0 Å². The minimum absolute atomic E-state index is 0.0760. The average molecular weight is 273 g/mol. The molecule has 17 heavy (non-hydrogen) atoms. The zero-order chi connectivity index (χ0) is 12.5. The number of hydrogen-bond donors (Lipinski definition) is 1. The van der Waals surface area contributed by atoms with Gasteiger partial charge in [-0.1, -0.05) is 18.3 Å². The van der Waals surface area contributed by atoms with Crippen molar-refractivity contribution >= 4 is 37.3 Å². The fourth-order valence-corrected chi connectivity index (χ4v) is 3.27. The molecule has 0 spiro atoms. The largest absolute Gasteiger partial charge is 0.414 e. The molecule has 1 aromatic carbocycles. The predicted octanol–water partition coefficient (Wildman–Crippen LogP) is 2.01. The molecule has 0 amide bonds. The summed E-state index contributed by atoms with van der Waals surface area (Å²) in [6.45, 7) is 1.80. The van der Waals surface area contributed by atoms with E-state index in [-0.39, 0.29) is 5.75 Å². The van der Waals surface area contributed by atoms with Crippen LogP contribution in [0.2, 0.25) is 0 Å². The van der Waals surface area contributed by atoms with Gasteiger partial charge in [0.05, 0.1) is 16.1 Å². The zero-order valence-corrected chi connectivity index (χ0v) is 10.7. The fraction of sp³-hybridized carbons (Fsp3) is 0.300. The molecule has 0 radical (unpaired) electrons. The highest BCUT2D eigenvalue weighted by molar-refractivity contribution is 7.92. The number of sulfonamides is 1. The van der Waals surface area contributed by atoms with Gasteiger partial charge in [-0.15, -0.1) is 0 Å². The Kier molecular flexibility index (Phi) is 3.21. The van der Waals surface area contributed by atoms with Gasteiger partial charge in [0.25, 0.3) is 0 Å². The summed E-state index contributed by atoms with van der Waals surface area (Å²) in [5.74, 6) is 0.0760. The Bertz CT molecular complexity index is 684. The van der Waals surface area contributed by atoms with E-state index < -0.39 is 15.0 Å². The third-order valence-electron chi connectivity index (χ3n) is 2.08. The summed E-state index contributed by atoms with van der Waals surface area (Å²) in [6, 6.07) is 4.75. The minimum Gasteiger partial charge on any atom is -0.414 e. The molecule has 7 heteroatoms. The van der Waals surface area contributed by atoms with Crippen LogP contribution in [0.25, 0.3) is 10.3 Å². The first-order valence-electron chi connectivity index (χ1n) is 5.04. The summed E-state index contributed by atoms with van der Waals surface area (Å²) < 4.78 is 31.1. The second-order valence-electron chi connectivity index (χ2n) is 3.54. The van der Waals surface area contributed by atoms with Crippen LogP contribution in [-0.2, 0) is 10.0 Å². The van der Waals surface area contributed by atoms with Crippen molar-refractivity contribution in [3.63, 3.8) is 0 Å². The molecule has 2 rings (SSSR count). The number of anilines is 1. The number of hydrogen-bond acceptors (Lipinski definition) is 5. The summed E-state index contributed by atoms with van der Waals surface area (Å²) in [6.07, 6.45) is 0.552. The fourth-order valence-electron chi connectivity index (χ4n) is 1.44. The molecular formula is C10H11NO4S2.